The Morgan fingerprint density at radius 1 is 1.15 bits per heavy atom. The number of benzene rings is 1. The van der Waals surface area contributed by atoms with Crippen LogP contribution in [0.2, 0.25) is 5.02 Å². The third-order valence-corrected chi connectivity index (χ3v) is 10.4. The van der Waals surface area contributed by atoms with Crippen molar-refractivity contribution < 1.29 is 14.1 Å². The molecule has 3 heterocycles. The van der Waals surface area contributed by atoms with Gasteiger partial charge in [-0.2, -0.15) is 0 Å². The number of likely N-dealkylation sites (tertiary alicyclic amines) is 2. The summed E-state index contributed by atoms with van der Waals surface area (Å²) in [6.45, 7) is 5.58. The normalized spacial score (nSPS) is 25.2. The summed E-state index contributed by atoms with van der Waals surface area (Å²) in [4.78, 5) is 33.0. The number of aromatic nitrogens is 1. The molecule has 3 N–H and O–H groups in total. The zero-order valence-corrected chi connectivity index (χ0v) is 26.6. The van der Waals surface area contributed by atoms with Crippen LogP contribution in [0, 0.1) is 18.8 Å². The fourth-order valence-electron chi connectivity index (χ4n) is 7.11. The molecule has 2 saturated heterocycles. The van der Waals surface area contributed by atoms with Crippen molar-refractivity contribution in [1.29, 1.82) is 0 Å². The van der Waals surface area contributed by atoms with Gasteiger partial charge in [0.25, 0.3) is 0 Å². The first-order valence-corrected chi connectivity index (χ1v) is 16.4. The van der Waals surface area contributed by atoms with Crippen LogP contribution in [0.3, 0.4) is 0 Å². The fourth-order valence-corrected chi connectivity index (χ4v) is 7.99. The minimum atomic E-state index is 0.158. The van der Waals surface area contributed by atoms with Crippen molar-refractivity contribution in [3.63, 3.8) is 0 Å². The van der Waals surface area contributed by atoms with Gasteiger partial charge in [0.1, 0.15) is 6.54 Å². The van der Waals surface area contributed by atoms with Crippen molar-refractivity contribution in [3.8, 4) is 0 Å². The van der Waals surface area contributed by atoms with Crippen LogP contribution in [-0.2, 0) is 22.4 Å². The molecule has 0 spiro atoms. The lowest BCUT2D eigenvalue weighted by molar-refractivity contribution is -0.840. The molecule has 10 heteroatoms. The first-order chi connectivity index (χ1) is 19.2. The number of halogens is 2. The number of hydrogen-bond acceptors (Lipinski definition) is 6. The van der Waals surface area contributed by atoms with E-state index in [-0.39, 0.29) is 24.3 Å². The van der Waals surface area contributed by atoms with E-state index in [0.29, 0.717) is 22.7 Å². The average molecular weight is 650 g/mol. The number of hydrogen-bond donors (Lipinski definition) is 2. The Morgan fingerprint density at radius 3 is 2.55 bits per heavy atom. The maximum Gasteiger partial charge on any atom is 0.328 e. The van der Waals surface area contributed by atoms with Gasteiger partial charge in [0.15, 0.2) is 0 Å². The van der Waals surface area contributed by atoms with Crippen LogP contribution in [0.4, 0.5) is 0 Å². The smallest absolute Gasteiger partial charge is 0.328 e. The van der Waals surface area contributed by atoms with Gasteiger partial charge in [-0.15, -0.1) is 0 Å². The monoisotopic (exact) mass is 648 g/mol. The molecule has 5 rings (SSSR count). The number of rotatable bonds is 6. The maximum absolute atomic E-state index is 13.4. The molecule has 1 atom stereocenters. The van der Waals surface area contributed by atoms with E-state index in [2.05, 4.69) is 50.7 Å². The van der Waals surface area contributed by atoms with E-state index in [1.165, 1.54) is 27.9 Å². The largest absolute Gasteiger partial charge is 0.343 e. The quantitative estimate of drug-likeness (QED) is 0.332. The van der Waals surface area contributed by atoms with Crippen molar-refractivity contribution in [2.45, 2.75) is 57.8 Å². The Labute approximate surface area is 255 Å². The summed E-state index contributed by atoms with van der Waals surface area (Å²) in [5, 5.41) is 6.21. The first kappa shape index (κ1) is 30.0. The van der Waals surface area contributed by atoms with Crippen LogP contribution in [-0.4, -0.2) is 66.0 Å². The number of aryl methyl sites for hydroxylation is 3. The SMILES string of the molecule is Cc1cc(Cl)cc2c1[C@@H](C1CCN(C(=O)CC3CC[N+](C)(C(=O)CNSN)CC3)CC1)c1ncc(Br)cc1CC2. The molecule has 1 aromatic carbocycles. The second-order valence-electron chi connectivity index (χ2n) is 12.0. The number of nitrogens with zero attached hydrogens (tertiary/aromatic N) is 3. The highest BCUT2D eigenvalue weighted by Crippen LogP contribution is 2.44. The van der Waals surface area contributed by atoms with Crippen molar-refractivity contribution in [3.05, 3.63) is 61.8 Å². The summed E-state index contributed by atoms with van der Waals surface area (Å²) in [6.07, 6.45) is 8.16. The van der Waals surface area contributed by atoms with E-state index in [1.807, 2.05) is 13.2 Å². The molecular formula is C30H40BrClN5O2S+. The average Bonchev–Trinajstić information content (AvgIpc) is 3.10. The first-order valence-electron chi connectivity index (χ1n) is 14.4. The Balaban J connectivity index is 1.24. The highest BCUT2D eigenvalue weighted by atomic mass is 79.9. The fraction of sp³-hybridized carbons (Fsp3) is 0.567. The van der Waals surface area contributed by atoms with Crippen LogP contribution in [0.5, 0.6) is 0 Å². The van der Waals surface area contributed by atoms with Gasteiger partial charge in [0.2, 0.25) is 5.91 Å². The van der Waals surface area contributed by atoms with Gasteiger partial charge in [-0.1, -0.05) is 11.6 Å². The Morgan fingerprint density at radius 2 is 1.85 bits per heavy atom. The second kappa shape index (κ2) is 12.8. The topological polar surface area (TPSA) is 88.3 Å². The van der Waals surface area contributed by atoms with Crippen molar-refractivity contribution in [2.75, 3.05) is 39.8 Å². The molecule has 1 aliphatic carbocycles. The number of fused-ring (bicyclic) bond motifs is 2. The van der Waals surface area contributed by atoms with Crippen LogP contribution < -0.4 is 9.86 Å². The van der Waals surface area contributed by atoms with E-state index in [1.54, 1.807) is 0 Å². The lowest BCUT2D eigenvalue weighted by Gasteiger charge is -2.40. The molecule has 2 aromatic rings. The number of nitrogens with one attached hydrogen (secondary N) is 1. The van der Waals surface area contributed by atoms with Gasteiger partial charge in [-0.25, -0.2) is 9.52 Å². The number of quaternary nitrogens is 1. The van der Waals surface area contributed by atoms with Gasteiger partial charge in [-0.3, -0.25) is 19.4 Å². The van der Waals surface area contributed by atoms with Crippen molar-refractivity contribution in [2.24, 2.45) is 17.0 Å². The Hall–Kier alpha value is -1.49. The summed E-state index contributed by atoms with van der Waals surface area (Å²) in [5.41, 5.74) is 6.46. The predicted molar refractivity (Wildman–Crippen MR) is 165 cm³/mol. The van der Waals surface area contributed by atoms with Gasteiger partial charge >= 0.3 is 5.91 Å². The lowest BCUT2D eigenvalue weighted by atomic mass is 9.75. The van der Waals surface area contributed by atoms with E-state index in [0.717, 1.165) is 86.3 Å². The van der Waals surface area contributed by atoms with Gasteiger partial charge in [0.05, 0.1) is 25.8 Å². The molecule has 216 valence electrons. The number of piperidine rings is 2. The summed E-state index contributed by atoms with van der Waals surface area (Å²) >= 11 is 11.1. The molecule has 2 amide bonds. The molecule has 2 fully saturated rings. The molecule has 1 aromatic heterocycles. The molecule has 0 bridgehead atoms. The second-order valence-corrected chi connectivity index (χ2v) is 13.9. The summed E-state index contributed by atoms with van der Waals surface area (Å²) in [5.74, 6) is 1.40. The van der Waals surface area contributed by atoms with Crippen molar-refractivity contribution in [1.82, 2.24) is 14.6 Å². The van der Waals surface area contributed by atoms with Gasteiger partial charge in [-0.05, 0) is 101 Å². The number of carbonyl (C=O) groups is 2. The molecule has 3 aliphatic rings. The molecule has 2 aliphatic heterocycles. The number of nitrogens with two attached hydrogens (primary N) is 1. The van der Waals surface area contributed by atoms with Crippen LogP contribution in [0.15, 0.2) is 28.9 Å². The molecule has 40 heavy (non-hydrogen) atoms. The highest BCUT2D eigenvalue weighted by molar-refractivity contribution is 9.10. The summed E-state index contributed by atoms with van der Waals surface area (Å²) in [6, 6.07) is 6.46. The molecule has 0 unspecified atom stereocenters. The number of amides is 2. The number of carbonyl (C=O) groups excluding carboxylic acids is 2. The molecule has 7 nitrogen and oxygen atoms in total. The zero-order valence-electron chi connectivity index (χ0n) is 23.4. The zero-order chi connectivity index (χ0) is 28.4. The minimum Gasteiger partial charge on any atom is -0.343 e. The van der Waals surface area contributed by atoms with E-state index in [9.17, 15) is 9.59 Å². The van der Waals surface area contributed by atoms with E-state index >= 15 is 0 Å². The molecule has 0 saturated carbocycles. The minimum absolute atomic E-state index is 0.158. The highest BCUT2D eigenvalue weighted by Gasteiger charge is 2.39. The van der Waals surface area contributed by atoms with Gasteiger partial charge < -0.3 is 4.90 Å². The summed E-state index contributed by atoms with van der Waals surface area (Å²) in [7, 11) is 2.00. The van der Waals surface area contributed by atoms with Crippen LogP contribution in [0.25, 0.3) is 0 Å². The maximum atomic E-state index is 13.4. The number of likely N-dealkylation sites (N-methyl/N-ethyl adjacent to an activating group) is 1. The standard InChI is InChI=1S/C30H40BrClN5O2S/c1-19-13-25(32)16-22-3-4-23-15-24(31)17-34-30(23)29(28(19)22)21-5-9-36(10-6-21)26(38)14-20-7-11-37(2,12-8-20)27(39)18-35-40-33/h13,15-17,20-21,29,35H,3-12,14,18,33H2,1-2H3/q+1/t20?,29-,37?/m1/s1. The van der Waals surface area contributed by atoms with E-state index in [4.69, 9.17) is 21.7 Å². The molecule has 0 radical (unpaired) electrons. The van der Waals surface area contributed by atoms with Crippen molar-refractivity contribution >= 4 is 51.5 Å². The Kier molecular flexibility index (Phi) is 9.59. The lowest BCUT2D eigenvalue weighted by Crippen LogP contribution is -2.56. The van der Waals surface area contributed by atoms with E-state index < -0.39 is 0 Å². The Bertz CT molecular complexity index is 1260. The third-order valence-electron chi connectivity index (χ3n) is 9.47. The molecular weight excluding hydrogens is 610 g/mol. The third kappa shape index (κ3) is 6.45. The van der Waals surface area contributed by atoms with Gasteiger partial charge in [0, 0.05) is 66.1 Å². The van der Waals surface area contributed by atoms with Crippen LogP contribution >= 0.6 is 39.7 Å². The predicted octanol–water partition coefficient (Wildman–Crippen LogP) is 5.16. The van der Waals surface area contributed by atoms with Crippen LogP contribution in [0.1, 0.15) is 66.0 Å². The number of pyridine rings is 1. The summed E-state index contributed by atoms with van der Waals surface area (Å²) < 4.78 is 4.30.